The van der Waals surface area contributed by atoms with E-state index in [1.807, 2.05) is 0 Å². The van der Waals surface area contributed by atoms with Crippen molar-refractivity contribution in [3.63, 3.8) is 0 Å². The minimum atomic E-state index is 0.481. The van der Waals surface area contributed by atoms with Crippen molar-refractivity contribution in [2.75, 3.05) is 26.2 Å². The molecule has 1 saturated heterocycles. The Bertz CT molecular complexity index is 377. The summed E-state index contributed by atoms with van der Waals surface area (Å²) in [6.45, 7) is 9.33. The molecule has 0 aliphatic carbocycles. The van der Waals surface area contributed by atoms with Crippen LogP contribution in [0.1, 0.15) is 38.3 Å². The first-order valence-electron chi connectivity index (χ1n) is 7.40. The Labute approximate surface area is 125 Å². The lowest BCUT2D eigenvalue weighted by molar-refractivity contribution is 0.302. The maximum Gasteiger partial charge on any atom is 0.0332 e. The summed E-state index contributed by atoms with van der Waals surface area (Å²) in [6.07, 6.45) is 2.56. The first-order valence-corrected chi connectivity index (χ1v) is 8.19. The third-order valence-electron chi connectivity index (χ3n) is 3.96. The van der Waals surface area contributed by atoms with Crippen LogP contribution in [0.3, 0.4) is 0 Å². The molecular formula is C16H25BrN2. The Balaban J connectivity index is 1.90. The van der Waals surface area contributed by atoms with Gasteiger partial charge in [-0.05, 0) is 56.1 Å². The second-order valence-corrected chi connectivity index (χ2v) is 6.56. The topological polar surface area (TPSA) is 15.3 Å². The minimum absolute atomic E-state index is 0.481. The van der Waals surface area contributed by atoms with Crippen molar-refractivity contribution in [2.45, 2.75) is 32.7 Å². The lowest BCUT2D eigenvalue weighted by atomic mass is 10.0. The van der Waals surface area contributed by atoms with E-state index in [4.69, 9.17) is 0 Å². The summed E-state index contributed by atoms with van der Waals surface area (Å²) in [5.41, 5.74) is 1.40. The van der Waals surface area contributed by atoms with Crippen LogP contribution in [0.5, 0.6) is 0 Å². The molecule has 0 spiro atoms. The summed E-state index contributed by atoms with van der Waals surface area (Å²) in [5.74, 6) is 0.880. The van der Waals surface area contributed by atoms with Crippen LogP contribution in [0.25, 0.3) is 0 Å². The van der Waals surface area contributed by atoms with Gasteiger partial charge in [0.15, 0.2) is 0 Å². The van der Waals surface area contributed by atoms with E-state index in [0.29, 0.717) is 6.04 Å². The summed E-state index contributed by atoms with van der Waals surface area (Å²) < 4.78 is 1.15. The highest BCUT2D eigenvalue weighted by atomic mass is 79.9. The van der Waals surface area contributed by atoms with Crippen molar-refractivity contribution >= 4 is 15.9 Å². The number of halogens is 1. The SMILES string of the molecule is CCNC(CCN1CCC(C)C1)c1ccc(Br)cc1. The molecule has 19 heavy (non-hydrogen) atoms. The molecular weight excluding hydrogens is 300 g/mol. The summed E-state index contributed by atoms with van der Waals surface area (Å²) in [4.78, 5) is 2.61. The highest BCUT2D eigenvalue weighted by Crippen LogP contribution is 2.22. The van der Waals surface area contributed by atoms with Gasteiger partial charge in [-0.3, -0.25) is 0 Å². The monoisotopic (exact) mass is 324 g/mol. The van der Waals surface area contributed by atoms with Crippen LogP contribution in [0.2, 0.25) is 0 Å². The molecule has 0 aromatic heterocycles. The average Bonchev–Trinajstić information content (AvgIpc) is 2.81. The Morgan fingerprint density at radius 2 is 2.11 bits per heavy atom. The second kappa shape index (κ2) is 7.41. The van der Waals surface area contributed by atoms with Gasteiger partial charge in [0.1, 0.15) is 0 Å². The molecule has 2 rings (SSSR count). The summed E-state index contributed by atoms with van der Waals surface area (Å²) in [5, 5.41) is 3.61. The van der Waals surface area contributed by atoms with E-state index in [1.54, 1.807) is 0 Å². The van der Waals surface area contributed by atoms with Gasteiger partial charge in [-0.2, -0.15) is 0 Å². The van der Waals surface area contributed by atoms with Crippen molar-refractivity contribution in [3.8, 4) is 0 Å². The molecule has 1 aromatic rings. The van der Waals surface area contributed by atoms with E-state index < -0.39 is 0 Å². The van der Waals surface area contributed by atoms with Crippen molar-refractivity contribution < 1.29 is 0 Å². The predicted octanol–water partition coefficient (Wildman–Crippen LogP) is 3.83. The Kier molecular flexibility index (Phi) is 5.86. The molecule has 1 heterocycles. The Hall–Kier alpha value is -0.380. The maximum atomic E-state index is 3.61. The van der Waals surface area contributed by atoms with E-state index in [1.165, 1.54) is 38.0 Å². The quantitative estimate of drug-likeness (QED) is 0.855. The van der Waals surface area contributed by atoms with Crippen LogP contribution in [0.15, 0.2) is 28.7 Å². The van der Waals surface area contributed by atoms with Crippen LogP contribution in [-0.2, 0) is 0 Å². The molecule has 1 fully saturated rings. The van der Waals surface area contributed by atoms with E-state index in [9.17, 15) is 0 Å². The molecule has 0 amide bonds. The second-order valence-electron chi connectivity index (χ2n) is 5.64. The lowest BCUT2D eigenvalue weighted by Crippen LogP contribution is -2.28. The number of nitrogens with one attached hydrogen (secondary N) is 1. The highest BCUT2D eigenvalue weighted by Gasteiger charge is 2.19. The molecule has 1 N–H and O–H groups in total. The number of hydrogen-bond acceptors (Lipinski definition) is 2. The van der Waals surface area contributed by atoms with Gasteiger partial charge < -0.3 is 10.2 Å². The minimum Gasteiger partial charge on any atom is -0.310 e. The van der Waals surface area contributed by atoms with Crippen LogP contribution in [0.4, 0.5) is 0 Å². The average molecular weight is 325 g/mol. The predicted molar refractivity (Wildman–Crippen MR) is 85.4 cm³/mol. The van der Waals surface area contributed by atoms with Gasteiger partial charge >= 0.3 is 0 Å². The first kappa shape index (κ1) is 15.0. The highest BCUT2D eigenvalue weighted by molar-refractivity contribution is 9.10. The summed E-state index contributed by atoms with van der Waals surface area (Å²) >= 11 is 3.50. The van der Waals surface area contributed by atoms with Crippen LogP contribution < -0.4 is 5.32 Å². The fourth-order valence-electron chi connectivity index (χ4n) is 2.87. The van der Waals surface area contributed by atoms with E-state index in [2.05, 4.69) is 64.3 Å². The molecule has 0 radical (unpaired) electrons. The normalized spacial score (nSPS) is 21.7. The molecule has 1 aliphatic heterocycles. The van der Waals surface area contributed by atoms with Crippen molar-refractivity contribution in [1.29, 1.82) is 0 Å². The molecule has 2 unspecified atom stereocenters. The molecule has 2 atom stereocenters. The molecule has 106 valence electrons. The fraction of sp³-hybridized carbons (Fsp3) is 0.625. The zero-order valence-electron chi connectivity index (χ0n) is 12.0. The van der Waals surface area contributed by atoms with Crippen LogP contribution >= 0.6 is 15.9 Å². The number of likely N-dealkylation sites (tertiary alicyclic amines) is 1. The summed E-state index contributed by atoms with van der Waals surface area (Å²) in [6, 6.07) is 9.21. The smallest absolute Gasteiger partial charge is 0.0332 e. The molecule has 0 saturated carbocycles. The van der Waals surface area contributed by atoms with E-state index in [-0.39, 0.29) is 0 Å². The number of rotatable bonds is 6. The van der Waals surface area contributed by atoms with Gasteiger partial charge in [0.05, 0.1) is 0 Å². The number of nitrogens with zero attached hydrogens (tertiary/aromatic N) is 1. The molecule has 3 heteroatoms. The van der Waals surface area contributed by atoms with E-state index >= 15 is 0 Å². The van der Waals surface area contributed by atoms with Crippen molar-refractivity contribution in [1.82, 2.24) is 10.2 Å². The standard InChI is InChI=1S/C16H25BrN2/c1-3-18-16(14-4-6-15(17)7-5-14)9-11-19-10-8-13(2)12-19/h4-7,13,16,18H,3,8-12H2,1-2H3. The van der Waals surface area contributed by atoms with Crippen LogP contribution in [-0.4, -0.2) is 31.1 Å². The van der Waals surface area contributed by atoms with E-state index in [0.717, 1.165) is 16.9 Å². The van der Waals surface area contributed by atoms with Gasteiger partial charge in [0.25, 0.3) is 0 Å². The number of hydrogen-bond donors (Lipinski definition) is 1. The molecule has 1 aliphatic rings. The molecule has 0 bridgehead atoms. The fourth-order valence-corrected chi connectivity index (χ4v) is 3.13. The van der Waals surface area contributed by atoms with Gasteiger partial charge in [0.2, 0.25) is 0 Å². The third kappa shape index (κ3) is 4.59. The summed E-state index contributed by atoms with van der Waals surface area (Å²) in [7, 11) is 0. The largest absolute Gasteiger partial charge is 0.310 e. The van der Waals surface area contributed by atoms with Crippen molar-refractivity contribution in [3.05, 3.63) is 34.3 Å². The van der Waals surface area contributed by atoms with Crippen LogP contribution in [0, 0.1) is 5.92 Å². The zero-order chi connectivity index (χ0) is 13.7. The molecule has 2 nitrogen and oxygen atoms in total. The molecule has 1 aromatic carbocycles. The van der Waals surface area contributed by atoms with Gasteiger partial charge in [-0.25, -0.2) is 0 Å². The Morgan fingerprint density at radius 3 is 2.68 bits per heavy atom. The van der Waals surface area contributed by atoms with Crippen molar-refractivity contribution in [2.24, 2.45) is 5.92 Å². The van der Waals surface area contributed by atoms with Gasteiger partial charge in [-0.15, -0.1) is 0 Å². The van der Waals surface area contributed by atoms with Gasteiger partial charge in [-0.1, -0.05) is 41.9 Å². The zero-order valence-corrected chi connectivity index (χ0v) is 13.6. The maximum absolute atomic E-state index is 3.61. The third-order valence-corrected chi connectivity index (χ3v) is 4.49. The lowest BCUT2D eigenvalue weighted by Gasteiger charge is -2.22. The first-order chi connectivity index (χ1) is 9.19. The Morgan fingerprint density at radius 1 is 1.37 bits per heavy atom. The van der Waals surface area contributed by atoms with Gasteiger partial charge in [0, 0.05) is 17.1 Å². The number of benzene rings is 1.